The minimum Gasteiger partial charge on any atom is -0.497 e. The largest absolute Gasteiger partial charge is 0.497 e. The average Bonchev–Trinajstić information content (AvgIpc) is 3.50. The summed E-state index contributed by atoms with van der Waals surface area (Å²) >= 11 is 0. The van der Waals surface area contributed by atoms with Gasteiger partial charge in [0.25, 0.3) is 5.89 Å². The van der Waals surface area contributed by atoms with Crippen LogP contribution < -0.4 is 19.5 Å². The number of anilines is 1. The number of hydrazone groups is 1. The first kappa shape index (κ1) is 20.5. The number of carbonyl (C=O) groups is 2. The molecule has 2 aliphatic heterocycles. The Morgan fingerprint density at radius 2 is 1.94 bits per heavy atom. The molecular formula is C22H19N5O6. The van der Waals surface area contributed by atoms with Gasteiger partial charge in [-0.3, -0.25) is 9.59 Å². The molecule has 3 heterocycles. The summed E-state index contributed by atoms with van der Waals surface area (Å²) in [7, 11) is 1.56. The summed E-state index contributed by atoms with van der Waals surface area (Å²) in [5, 5.41) is 12.1. The molecule has 0 saturated carbocycles. The van der Waals surface area contributed by atoms with Crippen molar-refractivity contribution in [1.29, 1.82) is 0 Å². The number of hydrogen-bond donors (Lipinski definition) is 1. The Morgan fingerprint density at radius 3 is 2.76 bits per heavy atom. The van der Waals surface area contributed by atoms with Crippen molar-refractivity contribution < 1.29 is 28.3 Å². The molecule has 2 amide bonds. The van der Waals surface area contributed by atoms with Crippen molar-refractivity contribution in [2.45, 2.75) is 12.8 Å². The monoisotopic (exact) mass is 449 g/mol. The van der Waals surface area contributed by atoms with Crippen LogP contribution in [-0.4, -0.2) is 53.1 Å². The van der Waals surface area contributed by atoms with Gasteiger partial charge in [0.1, 0.15) is 18.0 Å². The molecule has 5 rings (SSSR count). The van der Waals surface area contributed by atoms with E-state index in [0.29, 0.717) is 46.5 Å². The van der Waals surface area contributed by atoms with Crippen molar-refractivity contribution >= 4 is 23.2 Å². The minimum absolute atomic E-state index is 0.170. The third kappa shape index (κ3) is 4.33. The van der Waals surface area contributed by atoms with Crippen LogP contribution in [0.5, 0.6) is 17.2 Å². The van der Waals surface area contributed by atoms with Crippen LogP contribution in [0.1, 0.15) is 18.7 Å². The Kier molecular flexibility index (Phi) is 5.35. The van der Waals surface area contributed by atoms with Crippen LogP contribution in [0.15, 0.2) is 52.1 Å². The molecule has 3 aromatic rings. The molecule has 0 aliphatic carbocycles. The summed E-state index contributed by atoms with van der Waals surface area (Å²) < 4.78 is 21.2. The topological polar surface area (TPSA) is 128 Å². The van der Waals surface area contributed by atoms with Crippen LogP contribution in [0.25, 0.3) is 11.4 Å². The van der Waals surface area contributed by atoms with Crippen LogP contribution in [0.4, 0.5) is 5.69 Å². The molecule has 0 saturated heterocycles. The number of ether oxygens (including phenoxy) is 3. The van der Waals surface area contributed by atoms with Gasteiger partial charge in [0.05, 0.1) is 7.11 Å². The highest BCUT2D eigenvalue weighted by Crippen LogP contribution is 2.35. The maximum Gasteiger partial charge on any atom is 0.274 e. The summed E-state index contributed by atoms with van der Waals surface area (Å²) in [4.78, 5) is 29.1. The van der Waals surface area contributed by atoms with Crippen molar-refractivity contribution in [3.8, 4) is 28.6 Å². The van der Waals surface area contributed by atoms with Gasteiger partial charge in [0.2, 0.25) is 24.4 Å². The quantitative estimate of drug-likeness (QED) is 0.608. The molecule has 0 spiro atoms. The van der Waals surface area contributed by atoms with Gasteiger partial charge in [0, 0.05) is 24.1 Å². The van der Waals surface area contributed by atoms with Crippen molar-refractivity contribution in [2.75, 3.05) is 25.8 Å². The number of rotatable bonds is 6. The number of fused-ring (bicyclic) bond motifs is 1. The summed E-state index contributed by atoms with van der Waals surface area (Å²) in [6.07, 6.45) is 0.509. The predicted molar refractivity (Wildman–Crippen MR) is 115 cm³/mol. The minimum atomic E-state index is -0.384. The molecular weight excluding hydrogens is 430 g/mol. The molecule has 1 aromatic heterocycles. The zero-order valence-electron chi connectivity index (χ0n) is 17.6. The number of amides is 2. The second kappa shape index (κ2) is 8.61. The Morgan fingerprint density at radius 1 is 1.12 bits per heavy atom. The summed E-state index contributed by atoms with van der Waals surface area (Å²) in [5.74, 6) is 1.83. The van der Waals surface area contributed by atoms with Gasteiger partial charge in [0.15, 0.2) is 11.5 Å². The first-order valence-electron chi connectivity index (χ1n) is 10.1. The van der Waals surface area contributed by atoms with E-state index in [9.17, 15) is 9.59 Å². The smallest absolute Gasteiger partial charge is 0.274 e. The highest BCUT2D eigenvalue weighted by molar-refractivity contribution is 6.02. The summed E-state index contributed by atoms with van der Waals surface area (Å²) in [6, 6.07) is 12.2. The second-order valence-corrected chi connectivity index (χ2v) is 7.27. The third-order valence-electron chi connectivity index (χ3n) is 5.08. The van der Waals surface area contributed by atoms with Crippen molar-refractivity contribution in [3.05, 3.63) is 48.4 Å². The van der Waals surface area contributed by atoms with Gasteiger partial charge < -0.3 is 24.1 Å². The number of nitrogens with zero attached hydrogens (tertiary/aromatic N) is 4. The van der Waals surface area contributed by atoms with Crippen LogP contribution in [-0.2, 0) is 9.59 Å². The Balaban J connectivity index is 1.29. The highest BCUT2D eigenvalue weighted by atomic mass is 16.7. The molecule has 33 heavy (non-hydrogen) atoms. The van der Waals surface area contributed by atoms with Crippen LogP contribution in [0, 0.1) is 0 Å². The average molecular weight is 449 g/mol. The number of benzene rings is 2. The lowest BCUT2D eigenvalue weighted by Crippen LogP contribution is -2.38. The van der Waals surface area contributed by atoms with E-state index in [1.54, 1.807) is 49.6 Å². The van der Waals surface area contributed by atoms with Gasteiger partial charge in [-0.05, 0) is 42.5 Å². The summed E-state index contributed by atoms with van der Waals surface area (Å²) in [6.45, 7) is -0.0689. The van der Waals surface area contributed by atoms with E-state index in [-0.39, 0.29) is 37.5 Å². The van der Waals surface area contributed by atoms with E-state index in [0.717, 1.165) is 5.01 Å². The van der Waals surface area contributed by atoms with Crippen molar-refractivity contribution in [3.63, 3.8) is 0 Å². The van der Waals surface area contributed by atoms with Gasteiger partial charge >= 0.3 is 0 Å². The molecule has 0 unspecified atom stereocenters. The zero-order valence-corrected chi connectivity index (χ0v) is 17.6. The Hall–Kier alpha value is -4.41. The molecule has 0 atom stereocenters. The fourth-order valence-electron chi connectivity index (χ4n) is 3.38. The Labute approximate surface area is 187 Å². The molecule has 0 radical (unpaired) electrons. The predicted octanol–water partition coefficient (Wildman–Crippen LogP) is 2.44. The lowest BCUT2D eigenvalue weighted by molar-refractivity contribution is -0.135. The van der Waals surface area contributed by atoms with E-state index in [2.05, 4.69) is 20.6 Å². The van der Waals surface area contributed by atoms with Crippen LogP contribution in [0.2, 0.25) is 0 Å². The molecule has 0 fully saturated rings. The molecule has 168 valence electrons. The fourth-order valence-corrected chi connectivity index (χ4v) is 3.38. The Bertz CT molecular complexity index is 1240. The first-order valence-corrected chi connectivity index (χ1v) is 10.1. The van der Waals surface area contributed by atoms with Gasteiger partial charge in [-0.15, -0.1) is 0 Å². The lowest BCUT2D eigenvalue weighted by Gasteiger charge is -2.21. The number of methoxy groups -OCH3 is 1. The molecule has 11 nitrogen and oxygen atoms in total. The number of carbonyl (C=O) groups excluding carboxylic acids is 2. The fraction of sp³-hybridized carbons (Fsp3) is 0.227. The number of hydrogen-bond acceptors (Lipinski definition) is 9. The van der Waals surface area contributed by atoms with Crippen LogP contribution >= 0.6 is 0 Å². The highest BCUT2D eigenvalue weighted by Gasteiger charge is 2.27. The van der Waals surface area contributed by atoms with E-state index in [1.807, 2.05) is 0 Å². The van der Waals surface area contributed by atoms with Crippen molar-refractivity contribution in [1.82, 2.24) is 15.1 Å². The first-order chi connectivity index (χ1) is 16.1. The van der Waals surface area contributed by atoms with E-state index < -0.39 is 0 Å². The normalized spacial score (nSPS) is 14.8. The SMILES string of the molecule is COc1ccc(NC(=O)CN2N=C(c3nc(-c4ccc5c(c4)OCO5)no3)CCC2=O)cc1. The van der Waals surface area contributed by atoms with Crippen LogP contribution in [0.3, 0.4) is 0 Å². The molecule has 2 aromatic carbocycles. The third-order valence-corrected chi connectivity index (χ3v) is 5.08. The van der Waals surface area contributed by atoms with E-state index >= 15 is 0 Å². The number of nitrogens with one attached hydrogen (secondary N) is 1. The van der Waals surface area contributed by atoms with E-state index in [1.165, 1.54) is 0 Å². The van der Waals surface area contributed by atoms with Gasteiger partial charge in [-0.25, -0.2) is 5.01 Å². The maximum absolute atomic E-state index is 12.4. The molecule has 11 heteroatoms. The standard InChI is InChI=1S/C22H19N5O6/c1-30-15-5-3-14(4-6-15)23-19(28)11-27-20(29)9-7-16(25-27)22-24-21(26-33-22)13-2-8-17-18(10-13)32-12-31-17/h2-6,8,10H,7,9,11-12H2,1H3,(H,23,28). The van der Waals surface area contributed by atoms with E-state index in [4.69, 9.17) is 18.7 Å². The number of aromatic nitrogens is 2. The molecule has 2 aliphatic rings. The maximum atomic E-state index is 12.4. The molecule has 1 N–H and O–H groups in total. The van der Waals surface area contributed by atoms with Gasteiger partial charge in [-0.1, -0.05) is 5.16 Å². The molecule has 0 bridgehead atoms. The van der Waals surface area contributed by atoms with Crippen molar-refractivity contribution in [2.24, 2.45) is 5.10 Å². The second-order valence-electron chi connectivity index (χ2n) is 7.27. The zero-order chi connectivity index (χ0) is 22.8. The summed E-state index contributed by atoms with van der Waals surface area (Å²) in [5.41, 5.74) is 1.71. The lowest BCUT2D eigenvalue weighted by atomic mass is 10.1. The van der Waals surface area contributed by atoms with Gasteiger partial charge in [-0.2, -0.15) is 10.1 Å².